The predicted octanol–water partition coefficient (Wildman–Crippen LogP) is 2.95. The summed E-state index contributed by atoms with van der Waals surface area (Å²) in [6.45, 7) is 1.69. The van der Waals surface area contributed by atoms with Crippen molar-refractivity contribution in [2.24, 2.45) is 5.84 Å². The van der Waals surface area contributed by atoms with Gasteiger partial charge in [-0.1, -0.05) is 6.07 Å². The van der Waals surface area contributed by atoms with Crippen molar-refractivity contribution < 1.29 is 18.0 Å². The maximum absolute atomic E-state index is 13.6. The zero-order valence-electron chi connectivity index (χ0n) is 11.0. The van der Waals surface area contributed by atoms with Crippen LogP contribution in [0.4, 0.5) is 24.5 Å². The van der Waals surface area contributed by atoms with E-state index in [1.807, 2.05) is 5.43 Å². The summed E-state index contributed by atoms with van der Waals surface area (Å²) >= 11 is 0. The number of hydrogen-bond donors (Lipinski definition) is 3. The monoisotopic (exact) mass is 295 g/mol. The summed E-state index contributed by atoms with van der Waals surface area (Å²) in [5.74, 6) is 1.44. The number of rotatable bonds is 3. The number of nitrogens with two attached hydrogens (primary N) is 1. The van der Waals surface area contributed by atoms with Gasteiger partial charge in [-0.05, 0) is 36.8 Å². The van der Waals surface area contributed by atoms with E-state index in [2.05, 4.69) is 5.32 Å². The van der Waals surface area contributed by atoms with Gasteiger partial charge >= 0.3 is 0 Å². The molecule has 0 radical (unpaired) electrons. The van der Waals surface area contributed by atoms with E-state index in [-0.39, 0.29) is 11.3 Å². The molecule has 0 atom stereocenters. The van der Waals surface area contributed by atoms with Crippen molar-refractivity contribution in [3.63, 3.8) is 0 Å². The van der Waals surface area contributed by atoms with E-state index in [0.717, 1.165) is 12.1 Å². The molecular formula is C14H12F3N3O. The van der Waals surface area contributed by atoms with E-state index in [1.165, 1.54) is 12.1 Å². The van der Waals surface area contributed by atoms with Gasteiger partial charge in [0, 0.05) is 5.56 Å². The number of hydrazine groups is 1. The fraction of sp³-hybridized carbons (Fsp3) is 0.0714. The molecule has 0 aromatic heterocycles. The van der Waals surface area contributed by atoms with Gasteiger partial charge in [0.1, 0.15) is 11.5 Å². The van der Waals surface area contributed by atoms with E-state index in [9.17, 15) is 18.0 Å². The third kappa shape index (κ3) is 3.14. The number of nitrogen functional groups attached to an aromatic ring is 1. The molecule has 4 nitrogen and oxygen atoms in total. The molecule has 0 aliphatic heterocycles. The summed E-state index contributed by atoms with van der Waals surface area (Å²) in [7, 11) is 0. The van der Waals surface area contributed by atoms with E-state index in [1.54, 1.807) is 13.0 Å². The standard InChI is InChI=1S/C14H12F3N3O/c1-7-2-3-12(9(15)4-7)19-14(21)8-5-10(16)13(20-18)11(17)6-8/h2-6,20H,18H2,1H3,(H,19,21). The van der Waals surface area contributed by atoms with E-state index >= 15 is 0 Å². The molecule has 0 bridgehead atoms. The first-order chi connectivity index (χ1) is 9.92. The molecular weight excluding hydrogens is 283 g/mol. The number of halogens is 3. The molecule has 4 N–H and O–H groups in total. The normalized spacial score (nSPS) is 10.3. The summed E-state index contributed by atoms with van der Waals surface area (Å²) in [5.41, 5.74) is 1.62. The minimum Gasteiger partial charge on any atom is -0.319 e. The number of carbonyl (C=O) groups is 1. The Bertz CT molecular complexity index is 681. The lowest BCUT2D eigenvalue weighted by atomic mass is 10.1. The van der Waals surface area contributed by atoms with Crippen LogP contribution in [0.25, 0.3) is 0 Å². The number of nitrogens with one attached hydrogen (secondary N) is 2. The van der Waals surface area contributed by atoms with Crippen molar-refractivity contribution >= 4 is 17.3 Å². The average molecular weight is 295 g/mol. The molecule has 0 saturated heterocycles. The van der Waals surface area contributed by atoms with Gasteiger partial charge in [0.15, 0.2) is 11.6 Å². The minimum absolute atomic E-state index is 0.0764. The van der Waals surface area contributed by atoms with Gasteiger partial charge in [-0.25, -0.2) is 13.2 Å². The van der Waals surface area contributed by atoms with Crippen LogP contribution in [0.1, 0.15) is 15.9 Å². The number of benzene rings is 2. The van der Waals surface area contributed by atoms with Crippen molar-refractivity contribution in [1.29, 1.82) is 0 Å². The quantitative estimate of drug-likeness (QED) is 0.602. The lowest BCUT2D eigenvalue weighted by Gasteiger charge is -2.09. The first-order valence-electron chi connectivity index (χ1n) is 5.95. The van der Waals surface area contributed by atoms with Gasteiger partial charge in [0.2, 0.25) is 0 Å². The lowest BCUT2D eigenvalue weighted by molar-refractivity contribution is 0.102. The van der Waals surface area contributed by atoms with Crippen LogP contribution >= 0.6 is 0 Å². The Morgan fingerprint density at radius 3 is 2.19 bits per heavy atom. The molecule has 0 heterocycles. The Kier molecular flexibility index (Phi) is 4.13. The van der Waals surface area contributed by atoms with Crippen molar-refractivity contribution in [3.8, 4) is 0 Å². The highest BCUT2D eigenvalue weighted by Gasteiger charge is 2.15. The van der Waals surface area contributed by atoms with Gasteiger partial charge in [-0.3, -0.25) is 10.6 Å². The van der Waals surface area contributed by atoms with Crippen LogP contribution in [-0.2, 0) is 0 Å². The molecule has 2 aromatic carbocycles. The Morgan fingerprint density at radius 2 is 1.67 bits per heavy atom. The number of amides is 1. The second kappa shape index (κ2) is 5.84. The number of aryl methyl sites for hydroxylation is 1. The topological polar surface area (TPSA) is 67.2 Å². The fourth-order valence-corrected chi connectivity index (χ4v) is 1.76. The van der Waals surface area contributed by atoms with Gasteiger partial charge in [0.25, 0.3) is 5.91 Å². The molecule has 0 saturated carbocycles. The molecule has 2 aromatic rings. The van der Waals surface area contributed by atoms with Gasteiger partial charge in [-0.15, -0.1) is 0 Å². The lowest BCUT2D eigenvalue weighted by Crippen LogP contribution is -2.16. The maximum Gasteiger partial charge on any atom is 0.255 e. The van der Waals surface area contributed by atoms with Crippen molar-refractivity contribution in [3.05, 3.63) is 58.9 Å². The molecule has 0 aliphatic rings. The molecule has 110 valence electrons. The van der Waals surface area contributed by atoms with Crippen LogP contribution in [0.2, 0.25) is 0 Å². The van der Waals surface area contributed by atoms with Crippen LogP contribution in [0.3, 0.4) is 0 Å². The number of carbonyl (C=O) groups excluding carboxylic acids is 1. The highest BCUT2D eigenvalue weighted by atomic mass is 19.1. The SMILES string of the molecule is Cc1ccc(NC(=O)c2cc(F)c(NN)c(F)c2)c(F)c1. The van der Waals surface area contributed by atoms with Crippen molar-refractivity contribution in [1.82, 2.24) is 0 Å². The van der Waals surface area contributed by atoms with E-state index in [4.69, 9.17) is 5.84 Å². The number of anilines is 2. The highest BCUT2D eigenvalue weighted by Crippen LogP contribution is 2.21. The molecule has 0 aliphatic carbocycles. The maximum atomic E-state index is 13.6. The van der Waals surface area contributed by atoms with Crippen LogP contribution in [0.15, 0.2) is 30.3 Å². The first kappa shape index (κ1) is 14.9. The summed E-state index contributed by atoms with van der Waals surface area (Å²) in [6.07, 6.45) is 0. The predicted molar refractivity (Wildman–Crippen MR) is 73.3 cm³/mol. The second-order valence-electron chi connectivity index (χ2n) is 4.40. The summed E-state index contributed by atoms with van der Waals surface area (Å²) in [4.78, 5) is 11.9. The van der Waals surface area contributed by atoms with Crippen molar-refractivity contribution in [2.45, 2.75) is 6.92 Å². The first-order valence-corrected chi connectivity index (χ1v) is 5.95. The van der Waals surface area contributed by atoms with E-state index < -0.39 is 29.0 Å². The fourth-order valence-electron chi connectivity index (χ4n) is 1.76. The second-order valence-corrected chi connectivity index (χ2v) is 4.40. The third-order valence-electron chi connectivity index (χ3n) is 2.82. The molecule has 7 heteroatoms. The van der Waals surface area contributed by atoms with Crippen LogP contribution < -0.4 is 16.6 Å². The smallest absolute Gasteiger partial charge is 0.255 e. The summed E-state index contributed by atoms with van der Waals surface area (Å²) in [5, 5.41) is 2.25. The minimum atomic E-state index is -1.02. The molecule has 2 rings (SSSR count). The average Bonchev–Trinajstić information content (AvgIpc) is 2.41. The molecule has 0 unspecified atom stereocenters. The Labute approximate surface area is 118 Å². The zero-order chi connectivity index (χ0) is 15.6. The van der Waals surface area contributed by atoms with E-state index in [0.29, 0.717) is 5.56 Å². The van der Waals surface area contributed by atoms with Crippen molar-refractivity contribution in [2.75, 3.05) is 10.7 Å². The largest absolute Gasteiger partial charge is 0.319 e. The van der Waals surface area contributed by atoms with Gasteiger partial charge in [0.05, 0.1) is 5.69 Å². The highest BCUT2D eigenvalue weighted by molar-refractivity contribution is 6.04. The van der Waals surface area contributed by atoms with Gasteiger partial charge in [-0.2, -0.15) is 0 Å². The Hall–Kier alpha value is -2.54. The summed E-state index contributed by atoms with van der Waals surface area (Å²) in [6, 6.07) is 5.81. The number of hydrogen-bond acceptors (Lipinski definition) is 3. The summed E-state index contributed by atoms with van der Waals surface area (Å²) < 4.78 is 40.6. The van der Waals surface area contributed by atoms with Crippen LogP contribution in [0, 0.1) is 24.4 Å². The Balaban J connectivity index is 2.28. The third-order valence-corrected chi connectivity index (χ3v) is 2.82. The molecule has 0 spiro atoms. The molecule has 0 fully saturated rings. The Morgan fingerprint density at radius 1 is 1.05 bits per heavy atom. The van der Waals surface area contributed by atoms with Crippen LogP contribution in [-0.4, -0.2) is 5.91 Å². The van der Waals surface area contributed by atoms with Crippen LogP contribution in [0.5, 0.6) is 0 Å². The van der Waals surface area contributed by atoms with Gasteiger partial charge < -0.3 is 10.7 Å². The zero-order valence-corrected chi connectivity index (χ0v) is 11.0. The molecule has 21 heavy (non-hydrogen) atoms. The molecule has 1 amide bonds.